The summed E-state index contributed by atoms with van der Waals surface area (Å²) in [6, 6.07) is 13.0. The van der Waals surface area contributed by atoms with E-state index in [-0.39, 0.29) is 23.3 Å². The lowest BCUT2D eigenvalue weighted by molar-refractivity contribution is 0.0525. The first-order chi connectivity index (χ1) is 11.1. The van der Waals surface area contributed by atoms with Crippen molar-refractivity contribution in [2.75, 3.05) is 6.61 Å². The number of aromatic nitrogens is 1. The molecule has 1 N–H and O–H groups in total. The molecule has 0 aliphatic rings. The summed E-state index contributed by atoms with van der Waals surface area (Å²) in [6.45, 7) is 1.78. The summed E-state index contributed by atoms with van der Waals surface area (Å²) >= 11 is 0. The van der Waals surface area contributed by atoms with Crippen LogP contribution in [0.25, 0.3) is 22.0 Å². The Morgan fingerprint density at radius 2 is 1.83 bits per heavy atom. The second kappa shape index (κ2) is 6.04. The molecule has 0 bridgehead atoms. The quantitative estimate of drug-likeness (QED) is 0.753. The van der Waals surface area contributed by atoms with Gasteiger partial charge in [0, 0.05) is 22.0 Å². The maximum Gasteiger partial charge on any atom is 0.344 e. The number of para-hydroxylation sites is 1. The zero-order valence-corrected chi connectivity index (χ0v) is 12.4. The number of H-pyrrole nitrogens is 1. The van der Waals surface area contributed by atoms with Crippen LogP contribution in [0.15, 0.2) is 53.3 Å². The van der Waals surface area contributed by atoms with Crippen LogP contribution in [0.2, 0.25) is 0 Å². The zero-order chi connectivity index (χ0) is 16.4. The number of carbonyl (C=O) groups is 1. The van der Waals surface area contributed by atoms with Crippen LogP contribution in [0.3, 0.4) is 0 Å². The summed E-state index contributed by atoms with van der Waals surface area (Å²) in [5.74, 6) is -1.27. The van der Waals surface area contributed by atoms with Gasteiger partial charge in [0.15, 0.2) is 0 Å². The van der Waals surface area contributed by atoms with Crippen LogP contribution in [0.4, 0.5) is 4.39 Å². The molecule has 1 heterocycles. The second-order valence-electron chi connectivity index (χ2n) is 4.95. The standard InChI is InChI=1S/C18H14FNO3/c1-2-23-18(22)16-15(11-7-3-5-9-13(11)19)12-8-4-6-10-14(12)20-17(16)21/h3-10H,2H2,1H3,(H,20,21). The van der Waals surface area contributed by atoms with E-state index in [4.69, 9.17) is 4.74 Å². The first-order valence-corrected chi connectivity index (χ1v) is 7.20. The lowest BCUT2D eigenvalue weighted by Crippen LogP contribution is -2.21. The van der Waals surface area contributed by atoms with E-state index in [9.17, 15) is 14.0 Å². The van der Waals surface area contributed by atoms with Crippen LogP contribution in [-0.4, -0.2) is 17.6 Å². The van der Waals surface area contributed by atoms with Crippen LogP contribution in [-0.2, 0) is 4.74 Å². The molecule has 0 saturated heterocycles. The summed E-state index contributed by atoms with van der Waals surface area (Å²) < 4.78 is 19.3. The molecule has 0 unspecified atom stereocenters. The SMILES string of the molecule is CCOC(=O)c1c(-c2ccccc2F)c2ccccc2[nH]c1=O. The lowest BCUT2D eigenvalue weighted by Gasteiger charge is -2.12. The molecule has 23 heavy (non-hydrogen) atoms. The first kappa shape index (κ1) is 15.0. The van der Waals surface area contributed by atoms with Crippen molar-refractivity contribution in [2.24, 2.45) is 0 Å². The summed E-state index contributed by atoms with van der Waals surface area (Å²) in [4.78, 5) is 27.3. The Labute approximate surface area is 131 Å². The van der Waals surface area contributed by atoms with Crippen molar-refractivity contribution in [3.05, 3.63) is 70.3 Å². The van der Waals surface area contributed by atoms with E-state index in [1.165, 1.54) is 6.07 Å². The molecule has 116 valence electrons. The van der Waals surface area contributed by atoms with Crippen molar-refractivity contribution in [1.82, 2.24) is 4.98 Å². The van der Waals surface area contributed by atoms with Crippen molar-refractivity contribution in [3.63, 3.8) is 0 Å². The third-order valence-electron chi connectivity index (χ3n) is 3.54. The summed E-state index contributed by atoms with van der Waals surface area (Å²) in [6.07, 6.45) is 0. The fourth-order valence-electron chi connectivity index (χ4n) is 2.58. The van der Waals surface area contributed by atoms with Crippen LogP contribution in [0, 0.1) is 5.82 Å². The van der Waals surface area contributed by atoms with E-state index in [0.29, 0.717) is 10.9 Å². The highest BCUT2D eigenvalue weighted by Gasteiger charge is 2.23. The number of carbonyl (C=O) groups excluding carboxylic acids is 1. The highest BCUT2D eigenvalue weighted by molar-refractivity contribution is 6.06. The summed E-state index contributed by atoms with van der Waals surface area (Å²) in [5.41, 5.74) is 0.193. The minimum Gasteiger partial charge on any atom is -0.462 e. The maximum absolute atomic E-state index is 14.3. The Bertz CT molecular complexity index is 946. The normalized spacial score (nSPS) is 10.7. The topological polar surface area (TPSA) is 59.2 Å². The van der Waals surface area contributed by atoms with Crippen LogP contribution < -0.4 is 5.56 Å². The van der Waals surface area contributed by atoms with Crippen molar-refractivity contribution in [1.29, 1.82) is 0 Å². The van der Waals surface area contributed by atoms with E-state index in [1.54, 1.807) is 49.4 Å². The molecule has 0 spiro atoms. The predicted molar refractivity (Wildman–Crippen MR) is 85.9 cm³/mol. The van der Waals surface area contributed by atoms with Gasteiger partial charge in [-0.15, -0.1) is 0 Å². The number of ether oxygens (including phenoxy) is 1. The fourth-order valence-corrected chi connectivity index (χ4v) is 2.58. The molecular weight excluding hydrogens is 297 g/mol. The van der Waals surface area contributed by atoms with Crippen molar-refractivity contribution in [3.8, 4) is 11.1 Å². The van der Waals surface area contributed by atoms with Crippen LogP contribution >= 0.6 is 0 Å². The fraction of sp³-hybridized carbons (Fsp3) is 0.111. The third kappa shape index (κ3) is 2.61. The average Bonchev–Trinajstić information content (AvgIpc) is 2.54. The zero-order valence-electron chi connectivity index (χ0n) is 12.4. The van der Waals surface area contributed by atoms with Crippen LogP contribution in [0.1, 0.15) is 17.3 Å². The minimum atomic E-state index is -0.766. The lowest BCUT2D eigenvalue weighted by atomic mass is 9.96. The van der Waals surface area contributed by atoms with Gasteiger partial charge in [0.1, 0.15) is 11.4 Å². The number of benzene rings is 2. The number of aromatic amines is 1. The van der Waals surface area contributed by atoms with Crippen molar-refractivity contribution >= 4 is 16.9 Å². The Morgan fingerprint density at radius 3 is 2.57 bits per heavy atom. The molecular formula is C18H14FNO3. The van der Waals surface area contributed by atoms with Gasteiger partial charge in [-0.1, -0.05) is 36.4 Å². The van der Waals surface area contributed by atoms with Crippen molar-refractivity contribution in [2.45, 2.75) is 6.92 Å². The molecule has 0 saturated carbocycles. The molecule has 0 aliphatic heterocycles. The maximum atomic E-state index is 14.3. The largest absolute Gasteiger partial charge is 0.462 e. The molecule has 5 heteroatoms. The number of fused-ring (bicyclic) bond motifs is 1. The molecule has 0 fully saturated rings. The number of rotatable bonds is 3. The van der Waals surface area contributed by atoms with Gasteiger partial charge in [0.05, 0.1) is 6.61 Å². The molecule has 3 rings (SSSR count). The van der Waals surface area contributed by atoms with Crippen LogP contribution in [0.5, 0.6) is 0 Å². The average molecular weight is 311 g/mol. The number of esters is 1. The van der Waals surface area contributed by atoms with E-state index in [1.807, 2.05) is 0 Å². The minimum absolute atomic E-state index is 0.127. The van der Waals surface area contributed by atoms with E-state index < -0.39 is 17.3 Å². The second-order valence-corrected chi connectivity index (χ2v) is 4.95. The van der Waals surface area contributed by atoms with Gasteiger partial charge in [-0.2, -0.15) is 0 Å². The summed E-state index contributed by atoms with van der Waals surface area (Å²) in [7, 11) is 0. The molecule has 4 nitrogen and oxygen atoms in total. The molecule has 2 aromatic carbocycles. The molecule has 1 aromatic heterocycles. The van der Waals surface area contributed by atoms with Gasteiger partial charge >= 0.3 is 5.97 Å². The third-order valence-corrected chi connectivity index (χ3v) is 3.54. The number of hydrogen-bond acceptors (Lipinski definition) is 3. The Morgan fingerprint density at radius 1 is 1.13 bits per heavy atom. The number of nitrogens with one attached hydrogen (secondary N) is 1. The first-order valence-electron chi connectivity index (χ1n) is 7.20. The van der Waals surface area contributed by atoms with Gasteiger partial charge in [0.25, 0.3) is 5.56 Å². The Kier molecular flexibility index (Phi) is 3.93. The van der Waals surface area contributed by atoms with Crippen molar-refractivity contribution < 1.29 is 13.9 Å². The van der Waals surface area contributed by atoms with Gasteiger partial charge in [-0.3, -0.25) is 4.79 Å². The molecule has 3 aromatic rings. The van der Waals surface area contributed by atoms with E-state index in [0.717, 1.165) is 0 Å². The van der Waals surface area contributed by atoms with Gasteiger partial charge in [-0.25, -0.2) is 9.18 Å². The highest BCUT2D eigenvalue weighted by atomic mass is 19.1. The summed E-state index contributed by atoms with van der Waals surface area (Å²) in [5, 5.41) is 0.584. The monoisotopic (exact) mass is 311 g/mol. The number of halogens is 1. The number of pyridine rings is 1. The number of hydrogen-bond donors (Lipinski definition) is 1. The van der Waals surface area contributed by atoms with Gasteiger partial charge < -0.3 is 9.72 Å². The van der Waals surface area contributed by atoms with Gasteiger partial charge in [-0.05, 0) is 19.1 Å². The van der Waals surface area contributed by atoms with E-state index in [2.05, 4.69) is 4.98 Å². The molecule has 0 atom stereocenters. The highest BCUT2D eigenvalue weighted by Crippen LogP contribution is 2.31. The Balaban J connectivity index is 2.45. The Hall–Kier alpha value is -2.95. The predicted octanol–water partition coefficient (Wildman–Crippen LogP) is 3.51. The van der Waals surface area contributed by atoms with E-state index >= 15 is 0 Å². The molecule has 0 amide bonds. The van der Waals surface area contributed by atoms with Gasteiger partial charge in [0.2, 0.25) is 0 Å². The smallest absolute Gasteiger partial charge is 0.344 e. The molecule has 0 radical (unpaired) electrons. The molecule has 0 aliphatic carbocycles.